The fraction of sp³-hybridized carbons (Fsp3) is 0.269. The molecule has 0 amide bonds. The molecule has 0 saturated heterocycles. The van der Waals surface area contributed by atoms with Crippen LogP contribution in [0.4, 0.5) is 26.3 Å². The van der Waals surface area contributed by atoms with E-state index < -0.39 is 45.1 Å². The molecule has 0 bridgehead atoms. The fourth-order valence-corrected chi connectivity index (χ4v) is 5.25. The SMILES string of the molecule is Cc1cc(-c2cc(C(F)(F)F)nc(-n3cnc(-c4ccc(S(=O)(=O)NC(C)(C)C)cc4)c3)n2)ccc1C(F)(F)F. The number of alkyl halides is 6. The van der Waals surface area contributed by atoms with Crippen LogP contribution in [0.25, 0.3) is 28.5 Å². The van der Waals surface area contributed by atoms with Crippen molar-refractivity contribution in [3.05, 3.63) is 77.9 Å². The van der Waals surface area contributed by atoms with Crippen molar-refractivity contribution in [1.29, 1.82) is 0 Å². The standard InChI is InChI=1S/C26H23F6N5O2S/c1-15-11-17(7-10-19(15)25(27,28)29)20-12-22(26(30,31)32)35-23(34-20)37-13-21(33-14-37)16-5-8-18(9-6-16)40(38,39)36-24(2,3)4/h5-14,36H,1-4H3. The minimum absolute atomic E-state index is 0.0169. The quantitative estimate of drug-likeness (QED) is 0.274. The smallest absolute Gasteiger partial charge is 0.274 e. The zero-order chi connectivity index (χ0) is 29.7. The van der Waals surface area contributed by atoms with Crippen molar-refractivity contribution in [3.8, 4) is 28.5 Å². The van der Waals surface area contributed by atoms with Gasteiger partial charge in [-0.3, -0.25) is 4.57 Å². The van der Waals surface area contributed by atoms with E-state index in [0.717, 1.165) is 22.8 Å². The molecule has 2 heterocycles. The second-order valence-electron chi connectivity index (χ2n) is 10.0. The highest BCUT2D eigenvalue weighted by atomic mass is 32.2. The predicted molar refractivity (Wildman–Crippen MR) is 135 cm³/mol. The lowest BCUT2D eigenvalue weighted by atomic mass is 10.0. The highest BCUT2D eigenvalue weighted by molar-refractivity contribution is 7.89. The average Bonchev–Trinajstić information content (AvgIpc) is 3.31. The zero-order valence-electron chi connectivity index (χ0n) is 21.6. The lowest BCUT2D eigenvalue weighted by Crippen LogP contribution is -2.40. The van der Waals surface area contributed by atoms with Gasteiger partial charge in [-0.2, -0.15) is 26.3 Å². The molecular weight excluding hydrogens is 560 g/mol. The van der Waals surface area contributed by atoms with E-state index in [1.165, 1.54) is 43.7 Å². The van der Waals surface area contributed by atoms with Crippen molar-refractivity contribution in [1.82, 2.24) is 24.2 Å². The van der Waals surface area contributed by atoms with Crippen molar-refractivity contribution in [2.24, 2.45) is 0 Å². The molecule has 2 aromatic carbocycles. The topological polar surface area (TPSA) is 89.8 Å². The van der Waals surface area contributed by atoms with E-state index in [4.69, 9.17) is 0 Å². The van der Waals surface area contributed by atoms with Gasteiger partial charge in [0, 0.05) is 22.9 Å². The first-order chi connectivity index (χ1) is 18.3. The summed E-state index contributed by atoms with van der Waals surface area (Å²) in [6.45, 7) is 6.31. The van der Waals surface area contributed by atoms with Gasteiger partial charge in [0.15, 0.2) is 5.69 Å². The first-order valence-corrected chi connectivity index (χ1v) is 13.2. The number of benzene rings is 2. The molecule has 0 radical (unpaired) electrons. The first-order valence-electron chi connectivity index (χ1n) is 11.7. The minimum Gasteiger partial charge on any atom is -0.274 e. The first kappa shape index (κ1) is 29.2. The molecule has 4 aromatic rings. The lowest BCUT2D eigenvalue weighted by Gasteiger charge is -2.20. The molecule has 7 nitrogen and oxygen atoms in total. The molecule has 4 rings (SSSR count). The number of nitrogens with zero attached hydrogens (tertiary/aromatic N) is 4. The third-order valence-electron chi connectivity index (χ3n) is 5.55. The second kappa shape index (κ2) is 10.0. The van der Waals surface area contributed by atoms with Gasteiger partial charge in [-0.25, -0.2) is 28.1 Å². The van der Waals surface area contributed by atoms with Gasteiger partial charge in [-0.05, 0) is 63.6 Å². The Morgan fingerprint density at radius 1 is 0.800 bits per heavy atom. The minimum atomic E-state index is -4.86. The van der Waals surface area contributed by atoms with Crippen LogP contribution in [0.3, 0.4) is 0 Å². The van der Waals surface area contributed by atoms with Gasteiger partial charge in [0.1, 0.15) is 6.33 Å². The monoisotopic (exact) mass is 583 g/mol. The predicted octanol–water partition coefficient (Wildman–Crippen LogP) is 6.42. The number of nitrogens with one attached hydrogen (secondary N) is 1. The maximum atomic E-state index is 13.7. The molecule has 0 fully saturated rings. The number of aryl methyl sites for hydroxylation is 1. The Morgan fingerprint density at radius 2 is 1.43 bits per heavy atom. The molecule has 212 valence electrons. The molecule has 14 heteroatoms. The maximum absolute atomic E-state index is 13.7. The van der Waals surface area contributed by atoms with Crippen LogP contribution in [0.1, 0.15) is 37.6 Å². The Morgan fingerprint density at radius 3 is 1.98 bits per heavy atom. The molecule has 0 spiro atoms. The van der Waals surface area contributed by atoms with Crippen molar-refractivity contribution in [3.63, 3.8) is 0 Å². The van der Waals surface area contributed by atoms with Gasteiger partial charge in [-0.1, -0.05) is 18.2 Å². The van der Waals surface area contributed by atoms with Crippen LogP contribution in [0.15, 0.2) is 66.0 Å². The third-order valence-corrected chi connectivity index (χ3v) is 7.32. The van der Waals surface area contributed by atoms with Gasteiger partial charge in [0.05, 0.1) is 21.8 Å². The van der Waals surface area contributed by atoms with Crippen molar-refractivity contribution < 1.29 is 34.8 Å². The third kappa shape index (κ3) is 6.50. The van der Waals surface area contributed by atoms with Crippen LogP contribution in [0, 0.1) is 6.92 Å². The summed E-state index contributed by atoms with van der Waals surface area (Å²) in [6, 6.07) is 9.33. The van der Waals surface area contributed by atoms with E-state index in [9.17, 15) is 34.8 Å². The summed E-state index contributed by atoms with van der Waals surface area (Å²) >= 11 is 0. The molecule has 0 aliphatic heterocycles. The summed E-state index contributed by atoms with van der Waals surface area (Å²) < 4.78 is 109. The summed E-state index contributed by atoms with van der Waals surface area (Å²) in [6.07, 6.45) is -6.94. The summed E-state index contributed by atoms with van der Waals surface area (Å²) in [5.74, 6) is -0.408. The number of hydrogen-bond donors (Lipinski definition) is 1. The molecule has 0 saturated carbocycles. The normalized spacial score (nSPS) is 13.1. The summed E-state index contributed by atoms with van der Waals surface area (Å²) in [5.41, 5.74) is -2.49. The van der Waals surface area contributed by atoms with Gasteiger partial charge in [0.25, 0.3) is 0 Å². The van der Waals surface area contributed by atoms with Crippen molar-refractivity contribution in [2.75, 3.05) is 0 Å². The lowest BCUT2D eigenvalue weighted by molar-refractivity contribution is -0.141. The van der Waals surface area contributed by atoms with Crippen molar-refractivity contribution >= 4 is 10.0 Å². The van der Waals surface area contributed by atoms with Crippen molar-refractivity contribution in [2.45, 2.75) is 50.5 Å². The molecule has 2 aromatic heterocycles. The number of rotatable bonds is 5. The molecule has 0 aliphatic rings. The number of aromatic nitrogens is 4. The van der Waals surface area contributed by atoms with Gasteiger partial charge < -0.3 is 0 Å². The molecule has 0 unspecified atom stereocenters. The van der Waals surface area contributed by atoms with Crippen LogP contribution in [0.2, 0.25) is 0 Å². The van der Waals surface area contributed by atoms with Gasteiger partial charge in [-0.15, -0.1) is 0 Å². The van der Waals surface area contributed by atoms with Gasteiger partial charge >= 0.3 is 12.4 Å². The molecule has 0 aliphatic carbocycles. The van der Waals surface area contributed by atoms with Crippen LogP contribution in [-0.4, -0.2) is 33.5 Å². The number of imidazole rings is 1. The Kier molecular flexibility index (Phi) is 7.30. The Hall–Kier alpha value is -3.78. The highest BCUT2D eigenvalue weighted by Crippen LogP contribution is 2.35. The van der Waals surface area contributed by atoms with E-state index in [1.54, 1.807) is 20.8 Å². The number of halogens is 6. The molecule has 1 N–H and O–H groups in total. The zero-order valence-corrected chi connectivity index (χ0v) is 22.4. The summed E-state index contributed by atoms with van der Waals surface area (Å²) in [7, 11) is -3.78. The van der Waals surface area contributed by atoms with Crippen LogP contribution < -0.4 is 4.72 Å². The molecular formula is C26H23F6N5O2S. The Balaban J connectivity index is 1.71. The average molecular weight is 584 g/mol. The van der Waals surface area contributed by atoms with Crippen LogP contribution in [0.5, 0.6) is 0 Å². The maximum Gasteiger partial charge on any atom is 0.433 e. The van der Waals surface area contributed by atoms with E-state index in [0.29, 0.717) is 17.3 Å². The van der Waals surface area contributed by atoms with Crippen LogP contribution >= 0.6 is 0 Å². The molecule has 40 heavy (non-hydrogen) atoms. The van der Waals surface area contributed by atoms with E-state index >= 15 is 0 Å². The van der Waals surface area contributed by atoms with E-state index in [1.807, 2.05) is 0 Å². The van der Waals surface area contributed by atoms with E-state index in [-0.39, 0.29) is 21.7 Å². The summed E-state index contributed by atoms with van der Waals surface area (Å²) in [4.78, 5) is 11.9. The highest BCUT2D eigenvalue weighted by Gasteiger charge is 2.35. The second-order valence-corrected chi connectivity index (χ2v) is 11.7. The number of sulfonamides is 1. The summed E-state index contributed by atoms with van der Waals surface area (Å²) in [5, 5.41) is 0. The Labute approximate surface area is 226 Å². The fourth-order valence-electron chi connectivity index (χ4n) is 3.83. The number of hydrogen-bond acceptors (Lipinski definition) is 5. The molecule has 0 atom stereocenters. The Bertz CT molecular complexity index is 1650. The van der Waals surface area contributed by atoms with E-state index in [2.05, 4.69) is 19.7 Å². The van der Waals surface area contributed by atoms with Gasteiger partial charge in [0.2, 0.25) is 16.0 Å². The van der Waals surface area contributed by atoms with Crippen LogP contribution in [-0.2, 0) is 22.4 Å². The largest absolute Gasteiger partial charge is 0.433 e.